The van der Waals surface area contributed by atoms with Crippen LogP contribution in [0, 0.1) is 12.7 Å². The molecule has 2 aromatic rings. The van der Waals surface area contributed by atoms with Gasteiger partial charge in [-0.2, -0.15) is 0 Å². The quantitative estimate of drug-likeness (QED) is 0.831. The lowest BCUT2D eigenvalue weighted by molar-refractivity contribution is -0.121. The molecule has 4 nitrogen and oxygen atoms in total. The molecule has 0 aromatic heterocycles. The lowest BCUT2D eigenvalue weighted by atomic mass is 10.2. The first-order valence-corrected chi connectivity index (χ1v) is 7.90. The standard InChI is InChI=1S/C17H14BrFN2O2/c1-10-6-7-11(8-13(10)19)20-14-9-16(22)21(17(14)23)15-5-3-2-4-12(15)18/h2-8,14,20H,9H2,1H3/t14-/m0/s1. The van der Waals surface area contributed by atoms with E-state index in [4.69, 9.17) is 0 Å². The summed E-state index contributed by atoms with van der Waals surface area (Å²) in [5.41, 5.74) is 1.52. The molecule has 1 fully saturated rings. The largest absolute Gasteiger partial charge is 0.373 e. The SMILES string of the molecule is Cc1ccc(N[C@H]2CC(=O)N(c3ccccc3Br)C2=O)cc1F. The van der Waals surface area contributed by atoms with E-state index in [-0.39, 0.29) is 24.1 Å². The molecule has 0 spiro atoms. The van der Waals surface area contributed by atoms with E-state index in [9.17, 15) is 14.0 Å². The minimum atomic E-state index is -0.697. The number of rotatable bonds is 3. The van der Waals surface area contributed by atoms with E-state index in [0.717, 1.165) is 4.90 Å². The molecule has 0 saturated carbocycles. The van der Waals surface area contributed by atoms with Gasteiger partial charge in [0, 0.05) is 10.2 Å². The Bertz CT molecular complexity index is 794. The van der Waals surface area contributed by atoms with E-state index in [1.807, 2.05) is 6.07 Å². The minimum Gasteiger partial charge on any atom is -0.373 e. The van der Waals surface area contributed by atoms with Crippen molar-refractivity contribution in [1.29, 1.82) is 0 Å². The van der Waals surface area contributed by atoms with Crippen LogP contribution in [-0.4, -0.2) is 17.9 Å². The average Bonchev–Trinajstić information content (AvgIpc) is 2.78. The predicted octanol–water partition coefficient (Wildman–Crippen LogP) is 3.64. The van der Waals surface area contributed by atoms with E-state index in [2.05, 4.69) is 21.2 Å². The highest BCUT2D eigenvalue weighted by atomic mass is 79.9. The molecule has 6 heteroatoms. The zero-order valence-corrected chi connectivity index (χ0v) is 13.9. The first-order valence-electron chi connectivity index (χ1n) is 7.11. The molecule has 1 aliphatic heterocycles. The molecule has 23 heavy (non-hydrogen) atoms. The van der Waals surface area contributed by atoms with Crippen molar-refractivity contribution >= 4 is 39.1 Å². The van der Waals surface area contributed by atoms with Gasteiger partial charge in [0.05, 0.1) is 12.1 Å². The Kier molecular flexibility index (Phi) is 4.17. The topological polar surface area (TPSA) is 49.4 Å². The van der Waals surface area contributed by atoms with Gasteiger partial charge in [-0.1, -0.05) is 18.2 Å². The zero-order chi connectivity index (χ0) is 16.6. The molecule has 1 N–H and O–H groups in total. The number of para-hydroxylation sites is 1. The summed E-state index contributed by atoms with van der Waals surface area (Å²) >= 11 is 3.35. The van der Waals surface area contributed by atoms with Crippen LogP contribution in [0.3, 0.4) is 0 Å². The van der Waals surface area contributed by atoms with Gasteiger partial charge in [0.1, 0.15) is 11.9 Å². The molecular weight excluding hydrogens is 363 g/mol. The summed E-state index contributed by atoms with van der Waals surface area (Å²) in [7, 11) is 0. The fraction of sp³-hybridized carbons (Fsp3) is 0.176. The van der Waals surface area contributed by atoms with Crippen molar-refractivity contribution in [3.8, 4) is 0 Å². The summed E-state index contributed by atoms with van der Waals surface area (Å²) < 4.78 is 14.3. The third kappa shape index (κ3) is 2.99. The summed E-state index contributed by atoms with van der Waals surface area (Å²) in [6.45, 7) is 1.66. The number of hydrogen-bond donors (Lipinski definition) is 1. The zero-order valence-electron chi connectivity index (χ0n) is 12.3. The molecule has 0 unspecified atom stereocenters. The summed E-state index contributed by atoms with van der Waals surface area (Å²) in [5.74, 6) is -0.982. The minimum absolute atomic E-state index is 0.0374. The molecule has 3 rings (SSSR count). The Balaban J connectivity index is 1.84. The number of halogens is 2. The number of benzene rings is 2. The van der Waals surface area contributed by atoms with Crippen molar-refractivity contribution in [2.75, 3.05) is 10.2 Å². The number of imide groups is 1. The second kappa shape index (κ2) is 6.12. The number of amides is 2. The van der Waals surface area contributed by atoms with Crippen LogP contribution in [0.1, 0.15) is 12.0 Å². The van der Waals surface area contributed by atoms with Gasteiger partial charge in [-0.05, 0) is 52.7 Å². The number of aryl methyl sites for hydroxylation is 1. The van der Waals surface area contributed by atoms with Crippen molar-refractivity contribution in [2.45, 2.75) is 19.4 Å². The molecular formula is C17H14BrFN2O2. The van der Waals surface area contributed by atoms with Gasteiger partial charge >= 0.3 is 0 Å². The van der Waals surface area contributed by atoms with E-state index in [1.54, 1.807) is 37.3 Å². The van der Waals surface area contributed by atoms with Crippen LogP contribution in [0.25, 0.3) is 0 Å². The molecule has 0 aliphatic carbocycles. The smallest absolute Gasteiger partial charge is 0.256 e. The van der Waals surface area contributed by atoms with Crippen LogP contribution in [0.2, 0.25) is 0 Å². The van der Waals surface area contributed by atoms with E-state index in [1.165, 1.54) is 6.07 Å². The number of carbonyl (C=O) groups excluding carboxylic acids is 2. The number of carbonyl (C=O) groups is 2. The highest BCUT2D eigenvalue weighted by Gasteiger charge is 2.40. The number of nitrogens with zero attached hydrogens (tertiary/aromatic N) is 1. The van der Waals surface area contributed by atoms with Gasteiger partial charge in [-0.3, -0.25) is 9.59 Å². The lowest BCUT2D eigenvalue weighted by Gasteiger charge is -2.17. The van der Waals surface area contributed by atoms with Crippen LogP contribution in [0.5, 0.6) is 0 Å². The maximum atomic E-state index is 13.6. The summed E-state index contributed by atoms with van der Waals surface area (Å²) in [6.07, 6.45) is 0.0374. The van der Waals surface area contributed by atoms with Crippen LogP contribution in [0.4, 0.5) is 15.8 Å². The third-order valence-corrected chi connectivity index (χ3v) is 4.42. The average molecular weight is 377 g/mol. The van der Waals surface area contributed by atoms with E-state index in [0.29, 0.717) is 21.4 Å². The lowest BCUT2D eigenvalue weighted by Crippen LogP contribution is -2.35. The molecule has 0 bridgehead atoms. The normalized spacial score (nSPS) is 17.7. The maximum absolute atomic E-state index is 13.6. The maximum Gasteiger partial charge on any atom is 0.256 e. The fourth-order valence-electron chi connectivity index (χ4n) is 2.51. The highest BCUT2D eigenvalue weighted by Crippen LogP contribution is 2.31. The number of hydrogen-bond acceptors (Lipinski definition) is 3. The van der Waals surface area contributed by atoms with Crippen LogP contribution in [0.15, 0.2) is 46.9 Å². The third-order valence-electron chi connectivity index (χ3n) is 3.75. The van der Waals surface area contributed by atoms with E-state index < -0.39 is 6.04 Å². The second-order valence-corrected chi connectivity index (χ2v) is 6.24. The molecule has 118 valence electrons. The molecule has 1 aliphatic rings. The Morgan fingerprint density at radius 3 is 2.65 bits per heavy atom. The molecule has 0 radical (unpaired) electrons. The second-order valence-electron chi connectivity index (χ2n) is 5.38. The van der Waals surface area contributed by atoms with Gasteiger partial charge in [0.2, 0.25) is 5.91 Å². The highest BCUT2D eigenvalue weighted by molar-refractivity contribution is 9.10. The molecule has 1 atom stereocenters. The van der Waals surface area contributed by atoms with Crippen molar-refractivity contribution < 1.29 is 14.0 Å². The first-order chi connectivity index (χ1) is 11.0. The monoisotopic (exact) mass is 376 g/mol. The van der Waals surface area contributed by atoms with Gasteiger partial charge < -0.3 is 5.32 Å². The van der Waals surface area contributed by atoms with Crippen molar-refractivity contribution in [1.82, 2.24) is 0 Å². The van der Waals surface area contributed by atoms with Gasteiger partial charge in [0.25, 0.3) is 5.91 Å². The van der Waals surface area contributed by atoms with Crippen LogP contribution in [-0.2, 0) is 9.59 Å². The summed E-state index contributed by atoms with van der Waals surface area (Å²) in [5, 5.41) is 2.94. The Morgan fingerprint density at radius 2 is 1.96 bits per heavy atom. The Hall–Kier alpha value is -2.21. The number of nitrogens with one attached hydrogen (secondary N) is 1. The Morgan fingerprint density at radius 1 is 1.22 bits per heavy atom. The van der Waals surface area contributed by atoms with Gasteiger partial charge in [0.15, 0.2) is 0 Å². The molecule has 2 amide bonds. The fourth-order valence-corrected chi connectivity index (χ4v) is 2.98. The van der Waals surface area contributed by atoms with Gasteiger partial charge in [-0.25, -0.2) is 9.29 Å². The molecule has 1 saturated heterocycles. The van der Waals surface area contributed by atoms with Crippen LogP contribution >= 0.6 is 15.9 Å². The van der Waals surface area contributed by atoms with Crippen molar-refractivity contribution in [2.24, 2.45) is 0 Å². The van der Waals surface area contributed by atoms with E-state index >= 15 is 0 Å². The first kappa shape index (κ1) is 15.7. The molecule has 2 aromatic carbocycles. The Labute approximate surface area is 141 Å². The van der Waals surface area contributed by atoms with Gasteiger partial charge in [-0.15, -0.1) is 0 Å². The predicted molar refractivity (Wildman–Crippen MR) is 89.8 cm³/mol. The number of anilines is 2. The van der Waals surface area contributed by atoms with Crippen molar-refractivity contribution in [3.05, 3.63) is 58.3 Å². The summed E-state index contributed by atoms with van der Waals surface area (Å²) in [4.78, 5) is 25.9. The van der Waals surface area contributed by atoms with Crippen molar-refractivity contribution in [3.63, 3.8) is 0 Å². The van der Waals surface area contributed by atoms with Crippen LogP contribution < -0.4 is 10.2 Å². The summed E-state index contributed by atoms with van der Waals surface area (Å²) in [6, 6.07) is 11.0. The molecule has 1 heterocycles.